The molecule has 0 radical (unpaired) electrons. The van der Waals surface area contributed by atoms with Gasteiger partial charge in [-0.2, -0.15) is 0 Å². The number of hydrogen-bond acceptors (Lipinski definition) is 6. The first-order valence-electron chi connectivity index (χ1n) is 8.99. The van der Waals surface area contributed by atoms with Gasteiger partial charge in [0.2, 0.25) is 5.95 Å². The van der Waals surface area contributed by atoms with Gasteiger partial charge in [0.15, 0.2) is 5.96 Å². The number of guanidine groups is 1. The molecule has 0 spiro atoms. The SMILES string of the molecule is I.NC(=NCCN1CCN(c2ncccn2)CC1)NCCc1ccccn1. The summed E-state index contributed by atoms with van der Waals surface area (Å²) in [7, 11) is 0. The van der Waals surface area contributed by atoms with Crippen molar-refractivity contribution >= 4 is 35.9 Å². The lowest BCUT2D eigenvalue weighted by Crippen LogP contribution is -2.47. The maximum Gasteiger partial charge on any atom is 0.225 e. The minimum atomic E-state index is 0. The van der Waals surface area contributed by atoms with Crippen LogP contribution in [0.2, 0.25) is 0 Å². The Morgan fingerprint density at radius 3 is 2.48 bits per heavy atom. The van der Waals surface area contributed by atoms with Crippen LogP contribution < -0.4 is 16.0 Å². The maximum atomic E-state index is 5.93. The number of nitrogens with two attached hydrogens (primary N) is 1. The third kappa shape index (κ3) is 7.25. The largest absolute Gasteiger partial charge is 0.370 e. The number of nitrogens with zero attached hydrogens (tertiary/aromatic N) is 6. The van der Waals surface area contributed by atoms with Crippen LogP contribution in [0.25, 0.3) is 0 Å². The van der Waals surface area contributed by atoms with Crippen LogP contribution in [0.15, 0.2) is 47.8 Å². The molecule has 3 N–H and O–H groups in total. The molecule has 0 saturated carbocycles. The molecule has 0 bridgehead atoms. The summed E-state index contributed by atoms with van der Waals surface area (Å²) in [5.41, 5.74) is 6.98. The van der Waals surface area contributed by atoms with E-state index in [9.17, 15) is 0 Å². The molecule has 8 nitrogen and oxygen atoms in total. The minimum Gasteiger partial charge on any atom is -0.370 e. The van der Waals surface area contributed by atoms with Gasteiger partial charge in [0.1, 0.15) is 0 Å². The van der Waals surface area contributed by atoms with Gasteiger partial charge in [-0.25, -0.2) is 9.97 Å². The molecule has 1 saturated heterocycles. The van der Waals surface area contributed by atoms with Crippen molar-refractivity contribution in [3.05, 3.63) is 48.5 Å². The van der Waals surface area contributed by atoms with E-state index in [1.807, 2.05) is 24.3 Å². The highest BCUT2D eigenvalue weighted by atomic mass is 127. The lowest BCUT2D eigenvalue weighted by atomic mass is 10.3. The lowest BCUT2D eigenvalue weighted by molar-refractivity contribution is 0.264. The van der Waals surface area contributed by atoms with E-state index in [1.165, 1.54) is 0 Å². The molecule has 9 heteroatoms. The number of anilines is 1. The fraction of sp³-hybridized carbons (Fsp3) is 0.444. The Kier molecular flexibility index (Phi) is 9.19. The quantitative estimate of drug-likeness (QED) is 0.342. The highest BCUT2D eigenvalue weighted by Gasteiger charge is 2.18. The molecule has 1 aliphatic rings. The average molecular weight is 482 g/mol. The first-order chi connectivity index (χ1) is 12.8. The smallest absolute Gasteiger partial charge is 0.225 e. The Hall–Kier alpha value is -2.01. The van der Waals surface area contributed by atoms with Crippen LogP contribution in [-0.4, -0.2) is 71.6 Å². The van der Waals surface area contributed by atoms with Crippen LogP contribution in [0.1, 0.15) is 5.69 Å². The maximum absolute atomic E-state index is 5.93. The van der Waals surface area contributed by atoms with Gasteiger partial charge in [-0.3, -0.25) is 14.9 Å². The Labute approximate surface area is 177 Å². The second kappa shape index (κ2) is 11.7. The summed E-state index contributed by atoms with van der Waals surface area (Å²) in [6.45, 7) is 6.19. The summed E-state index contributed by atoms with van der Waals surface area (Å²) in [5, 5.41) is 3.14. The molecule has 1 fully saturated rings. The van der Waals surface area contributed by atoms with E-state index in [4.69, 9.17) is 5.73 Å². The number of pyridine rings is 1. The monoisotopic (exact) mass is 482 g/mol. The van der Waals surface area contributed by atoms with Crippen LogP contribution in [0.3, 0.4) is 0 Å². The molecule has 3 rings (SSSR count). The third-order valence-electron chi connectivity index (χ3n) is 4.32. The second-order valence-electron chi connectivity index (χ2n) is 6.14. The molecule has 27 heavy (non-hydrogen) atoms. The summed E-state index contributed by atoms with van der Waals surface area (Å²) in [5.74, 6) is 1.31. The molecule has 146 valence electrons. The van der Waals surface area contributed by atoms with Crippen molar-refractivity contribution in [2.45, 2.75) is 6.42 Å². The van der Waals surface area contributed by atoms with Crippen molar-refractivity contribution in [2.24, 2.45) is 10.7 Å². The van der Waals surface area contributed by atoms with E-state index in [0.29, 0.717) is 12.5 Å². The van der Waals surface area contributed by atoms with Gasteiger partial charge in [0.25, 0.3) is 0 Å². The number of aliphatic imine (C=N–C) groups is 1. The average Bonchev–Trinajstić information content (AvgIpc) is 2.70. The number of hydrogen-bond donors (Lipinski definition) is 2. The van der Waals surface area contributed by atoms with Crippen molar-refractivity contribution in [3.63, 3.8) is 0 Å². The van der Waals surface area contributed by atoms with Gasteiger partial charge in [-0.1, -0.05) is 6.07 Å². The molecule has 0 unspecified atom stereocenters. The lowest BCUT2D eigenvalue weighted by Gasteiger charge is -2.34. The van der Waals surface area contributed by atoms with Crippen molar-refractivity contribution in [1.82, 2.24) is 25.2 Å². The molecule has 0 atom stereocenters. The standard InChI is InChI=1S/C18H26N8.HI/c19-17(21-9-5-16-4-1-2-6-20-16)22-10-11-25-12-14-26(15-13-25)18-23-7-3-8-24-18;/h1-4,6-8H,5,9-15H2,(H3,19,21,22);1H. The Bertz CT molecular complexity index is 674. The van der Waals surface area contributed by atoms with Crippen molar-refractivity contribution in [3.8, 4) is 0 Å². The van der Waals surface area contributed by atoms with E-state index in [0.717, 1.165) is 57.3 Å². The van der Waals surface area contributed by atoms with Crippen molar-refractivity contribution < 1.29 is 0 Å². The predicted molar refractivity (Wildman–Crippen MR) is 119 cm³/mol. The molecular weight excluding hydrogens is 455 g/mol. The summed E-state index contributed by atoms with van der Waals surface area (Å²) >= 11 is 0. The number of nitrogens with one attached hydrogen (secondary N) is 1. The van der Waals surface area contributed by atoms with Crippen LogP contribution in [0, 0.1) is 0 Å². The highest BCUT2D eigenvalue weighted by molar-refractivity contribution is 14.0. The normalized spacial score (nSPS) is 15.3. The van der Waals surface area contributed by atoms with E-state index < -0.39 is 0 Å². The summed E-state index contributed by atoms with van der Waals surface area (Å²) in [4.78, 5) is 21.9. The number of rotatable bonds is 7. The Balaban J connectivity index is 0.00000261. The van der Waals surface area contributed by atoms with Gasteiger partial charge in [-0.05, 0) is 18.2 Å². The molecular formula is C18H27IN8. The summed E-state index contributed by atoms with van der Waals surface area (Å²) < 4.78 is 0. The van der Waals surface area contributed by atoms with Gasteiger partial charge in [-0.15, -0.1) is 24.0 Å². The van der Waals surface area contributed by atoms with Crippen molar-refractivity contribution in [1.29, 1.82) is 0 Å². The minimum absolute atomic E-state index is 0. The zero-order chi connectivity index (χ0) is 18.0. The first-order valence-corrected chi connectivity index (χ1v) is 8.99. The number of aromatic nitrogens is 3. The number of halogens is 1. The van der Waals surface area contributed by atoms with Gasteiger partial charge < -0.3 is 16.0 Å². The molecule has 2 aromatic heterocycles. The fourth-order valence-electron chi connectivity index (χ4n) is 2.86. The summed E-state index contributed by atoms with van der Waals surface area (Å²) in [6, 6.07) is 7.75. The van der Waals surface area contributed by atoms with E-state index in [2.05, 4.69) is 35.1 Å². The van der Waals surface area contributed by atoms with Crippen LogP contribution in [-0.2, 0) is 6.42 Å². The van der Waals surface area contributed by atoms with Crippen LogP contribution in [0.5, 0.6) is 0 Å². The summed E-state index contributed by atoms with van der Waals surface area (Å²) in [6.07, 6.45) is 6.21. The molecule has 0 aliphatic carbocycles. The topological polar surface area (TPSA) is 95.6 Å². The number of piperazine rings is 1. The predicted octanol–water partition coefficient (Wildman–Crippen LogP) is 0.759. The van der Waals surface area contributed by atoms with Crippen LogP contribution in [0.4, 0.5) is 5.95 Å². The highest BCUT2D eigenvalue weighted by Crippen LogP contribution is 2.09. The first kappa shape index (κ1) is 21.3. The third-order valence-corrected chi connectivity index (χ3v) is 4.32. The van der Waals surface area contributed by atoms with E-state index in [-0.39, 0.29) is 24.0 Å². The van der Waals surface area contributed by atoms with Gasteiger partial charge >= 0.3 is 0 Å². The zero-order valence-corrected chi connectivity index (χ0v) is 17.7. The molecule has 1 aliphatic heterocycles. The van der Waals surface area contributed by atoms with E-state index in [1.54, 1.807) is 18.6 Å². The molecule has 2 aromatic rings. The van der Waals surface area contributed by atoms with Gasteiger partial charge in [0, 0.05) is 70.0 Å². The zero-order valence-electron chi connectivity index (χ0n) is 15.4. The molecule has 0 aromatic carbocycles. The van der Waals surface area contributed by atoms with Gasteiger partial charge in [0.05, 0.1) is 6.54 Å². The Morgan fingerprint density at radius 1 is 1.04 bits per heavy atom. The Morgan fingerprint density at radius 2 is 1.78 bits per heavy atom. The van der Waals surface area contributed by atoms with Crippen molar-refractivity contribution in [2.75, 3.05) is 50.7 Å². The van der Waals surface area contributed by atoms with Crippen LogP contribution >= 0.6 is 24.0 Å². The van der Waals surface area contributed by atoms with E-state index >= 15 is 0 Å². The second-order valence-corrected chi connectivity index (χ2v) is 6.14. The molecule has 0 amide bonds. The fourth-order valence-corrected chi connectivity index (χ4v) is 2.86. The molecule has 3 heterocycles.